The molecule has 0 aliphatic carbocycles. The van der Waals surface area contributed by atoms with Crippen LogP contribution in [0.15, 0.2) is 18.2 Å². The minimum absolute atomic E-state index is 0.0301. The molecule has 0 spiro atoms. The molecule has 1 aliphatic rings. The van der Waals surface area contributed by atoms with Gasteiger partial charge in [0.05, 0.1) is 18.8 Å². The van der Waals surface area contributed by atoms with E-state index in [-0.39, 0.29) is 19.3 Å². The molecule has 0 unspecified atom stereocenters. The minimum Gasteiger partial charge on any atom is -0.486 e. The number of aliphatic hydroxyl groups excluding tert-OH is 2. The van der Waals surface area contributed by atoms with Crippen molar-refractivity contribution in [3.05, 3.63) is 23.8 Å². The molecule has 2 rings (SSSR count). The standard InChI is InChI=1S/C11H15NO3/c13-4-3-9-6-12-10-5-8(7-14)1-2-11(10)15-9/h1-2,5,9,12-14H,3-4,6-7H2/t9-/m0/s1. The molecule has 15 heavy (non-hydrogen) atoms. The number of benzene rings is 1. The number of nitrogens with one attached hydrogen (secondary N) is 1. The summed E-state index contributed by atoms with van der Waals surface area (Å²) in [5.41, 5.74) is 1.78. The fraction of sp³-hybridized carbons (Fsp3) is 0.455. The smallest absolute Gasteiger partial charge is 0.142 e. The van der Waals surface area contributed by atoms with Crippen molar-refractivity contribution in [2.24, 2.45) is 0 Å². The summed E-state index contributed by atoms with van der Waals surface area (Å²) in [4.78, 5) is 0. The summed E-state index contributed by atoms with van der Waals surface area (Å²) >= 11 is 0. The first kappa shape index (κ1) is 10.3. The first-order valence-electron chi connectivity index (χ1n) is 5.08. The second-order valence-electron chi connectivity index (χ2n) is 3.62. The first-order chi connectivity index (χ1) is 7.33. The van der Waals surface area contributed by atoms with Crippen LogP contribution in [0.25, 0.3) is 0 Å². The van der Waals surface area contributed by atoms with Crippen molar-refractivity contribution in [2.45, 2.75) is 19.1 Å². The third-order valence-electron chi connectivity index (χ3n) is 2.49. The van der Waals surface area contributed by atoms with Crippen molar-refractivity contribution in [1.29, 1.82) is 0 Å². The molecule has 4 nitrogen and oxygen atoms in total. The molecule has 0 saturated heterocycles. The van der Waals surface area contributed by atoms with Crippen LogP contribution < -0.4 is 10.1 Å². The third kappa shape index (κ3) is 2.22. The lowest BCUT2D eigenvalue weighted by molar-refractivity contribution is 0.158. The summed E-state index contributed by atoms with van der Waals surface area (Å²) in [6.45, 7) is 0.869. The summed E-state index contributed by atoms with van der Waals surface area (Å²) in [6.07, 6.45) is 0.663. The highest BCUT2D eigenvalue weighted by Gasteiger charge is 2.18. The Kier molecular flexibility index (Phi) is 3.08. The average molecular weight is 209 g/mol. The van der Waals surface area contributed by atoms with Gasteiger partial charge in [-0.3, -0.25) is 0 Å². The molecule has 4 heteroatoms. The third-order valence-corrected chi connectivity index (χ3v) is 2.49. The molecule has 3 N–H and O–H groups in total. The van der Waals surface area contributed by atoms with E-state index in [2.05, 4.69) is 5.32 Å². The maximum atomic E-state index is 8.97. The van der Waals surface area contributed by atoms with Crippen LogP contribution in [-0.4, -0.2) is 29.5 Å². The number of hydrogen-bond donors (Lipinski definition) is 3. The maximum absolute atomic E-state index is 8.97. The monoisotopic (exact) mass is 209 g/mol. The molecule has 0 fully saturated rings. The molecule has 0 radical (unpaired) electrons. The molecule has 1 atom stereocenters. The van der Waals surface area contributed by atoms with Crippen LogP contribution in [0.3, 0.4) is 0 Å². The van der Waals surface area contributed by atoms with Gasteiger partial charge in [-0.15, -0.1) is 0 Å². The fourth-order valence-electron chi connectivity index (χ4n) is 1.67. The van der Waals surface area contributed by atoms with E-state index in [0.717, 1.165) is 17.0 Å². The van der Waals surface area contributed by atoms with E-state index in [4.69, 9.17) is 14.9 Å². The van der Waals surface area contributed by atoms with Gasteiger partial charge in [0, 0.05) is 13.0 Å². The largest absolute Gasteiger partial charge is 0.486 e. The van der Waals surface area contributed by atoms with Gasteiger partial charge in [-0.25, -0.2) is 0 Å². The van der Waals surface area contributed by atoms with Crippen molar-refractivity contribution >= 4 is 5.69 Å². The van der Waals surface area contributed by atoms with Gasteiger partial charge in [0.1, 0.15) is 11.9 Å². The first-order valence-corrected chi connectivity index (χ1v) is 5.08. The van der Waals surface area contributed by atoms with E-state index in [9.17, 15) is 0 Å². The summed E-state index contributed by atoms with van der Waals surface area (Å²) in [5.74, 6) is 0.789. The van der Waals surface area contributed by atoms with Gasteiger partial charge in [-0.1, -0.05) is 6.07 Å². The number of fused-ring (bicyclic) bond motifs is 1. The molecule has 0 bridgehead atoms. The van der Waals surface area contributed by atoms with Crippen LogP contribution in [-0.2, 0) is 6.61 Å². The average Bonchev–Trinajstić information content (AvgIpc) is 2.29. The summed E-state index contributed by atoms with van der Waals surface area (Å²) in [6, 6.07) is 5.56. The molecule has 1 heterocycles. The molecule has 1 aliphatic heterocycles. The zero-order valence-electron chi connectivity index (χ0n) is 8.44. The minimum atomic E-state index is 0.0301. The molecule has 0 aromatic heterocycles. The van der Waals surface area contributed by atoms with E-state index in [1.54, 1.807) is 0 Å². The van der Waals surface area contributed by atoms with Crippen molar-refractivity contribution in [3.8, 4) is 5.75 Å². The lowest BCUT2D eigenvalue weighted by Gasteiger charge is -2.27. The van der Waals surface area contributed by atoms with Crippen LogP contribution >= 0.6 is 0 Å². The Balaban J connectivity index is 2.13. The molecular weight excluding hydrogens is 194 g/mol. The second-order valence-corrected chi connectivity index (χ2v) is 3.62. The van der Waals surface area contributed by atoms with Crippen molar-refractivity contribution < 1.29 is 14.9 Å². The van der Waals surface area contributed by atoms with Crippen LogP contribution in [0.1, 0.15) is 12.0 Å². The van der Waals surface area contributed by atoms with Gasteiger partial charge >= 0.3 is 0 Å². The molecule has 0 amide bonds. The highest BCUT2D eigenvalue weighted by molar-refractivity contribution is 5.59. The predicted octanol–water partition coefficient (Wildman–Crippen LogP) is 0.734. The number of hydrogen-bond acceptors (Lipinski definition) is 4. The van der Waals surface area contributed by atoms with Crippen molar-refractivity contribution in [3.63, 3.8) is 0 Å². The van der Waals surface area contributed by atoms with Gasteiger partial charge < -0.3 is 20.3 Å². The molecule has 1 aromatic rings. The second kappa shape index (κ2) is 4.51. The van der Waals surface area contributed by atoms with E-state index < -0.39 is 0 Å². The van der Waals surface area contributed by atoms with Crippen LogP contribution in [0.4, 0.5) is 5.69 Å². The summed E-state index contributed by atoms with van der Waals surface area (Å²) in [5, 5.41) is 21.0. The predicted molar refractivity (Wildman–Crippen MR) is 57.0 cm³/mol. The van der Waals surface area contributed by atoms with Gasteiger partial charge in [-0.05, 0) is 17.7 Å². The number of aliphatic hydroxyl groups is 2. The normalized spacial score (nSPS) is 18.9. The van der Waals surface area contributed by atoms with E-state index in [1.165, 1.54) is 0 Å². The molecule has 0 saturated carbocycles. The van der Waals surface area contributed by atoms with E-state index >= 15 is 0 Å². The Morgan fingerprint density at radius 3 is 3.00 bits per heavy atom. The molecule has 82 valence electrons. The number of rotatable bonds is 3. The Bertz CT molecular complexity index is 341. The number of anilines is 1. The van der Waals surface area contributed by atoms with Crippen LogP contribution in [0.2, 0.25) is 0 Å². The molecular formula is C11H15NO3. The Morgan fingerprint density at radius 2 is 2.27 bits per heavy atom. The Labute approximate surface area is 88.5 Å². The lowest BCUT2D eigenvalue weighted by Crippen LogP contribution is -2.31. The quantitative estimate of drug-likeness (QED) is 0.687. The van der Waals surface area contributed by atoms with E-state index in [0.29, 0.717) is 13.0 Å². The van der Waals surface area contributed by atoms with Crippen LogP contribution in [0, 0.1) is 0 Å². The Morgan fingerprint density at radius 1 is 1.40 bits per heavy atom. The zero-order valence-corrected chi connectivity index (χ0v) is 8.44. The van der Waals surface area contributed by atoms with Gasteiger partial charge in [0.25, 0.3) is 0 Å². The maximum Gasteiger partial charge on any atom is 0.142 e. The van der Waals surface area contributed by atoms with Crippen LogP contribution in [0.5, 0.6) is 5.75 Å². The van der Waals surface area contributed by atoms with E-state index in [1.807, 2.05) is 18.2 Å². The lowest BCUT2D eigenvalue weighted by atomic mass is 10.1. The Hall–Kier alpha value is -1.26. The number of ether oxygens (including phenoxy) is 1. The summed E-state index contributed by atoms with van der Waals surface area (Å²) in [7, 11) is 0. The van der Waals surface area contributed by atoms with Crippen molar-refractivity contribution in [2.75, 3.05) is 18.5 Å². The van der Waals surface area contributed by atoms with Gasteiger partial charge in [-0.2, -0.15) is 0 Å². The fourth-order valence-corrected chi connectivity index (χ4v) is 1.67. The highest BCUT2D eigenvalue weighted by Crippen LogP contribution is 2.30. The SMILES string of the molecule is OCC[C@H]1CNc2cc(CO)ccc2O1. The van der Waals surface area contributed by atoms with Crippen molar-refractivity contribution in [1.82, 2.24) is 0 Å². The van der Waals surface area contributed by atoms with Gasteiger partial charge in [0.2, 0.25) is 0 Å². The topological polar surface area (TPSA) is 61.7 Å². The van der Waals surface area contributed by atoms with Gasteiger partial charge in [0.15, 0.2) is 0 Å². The molecule has 1 aromatic carbocycles. The zero-order chi connectivity index (χ0) is 10.7. The highest BCUT2D eigenvalue weighted by atomic mass is 16.5. The summed E-state index contributed by atoms with van der Waals surface area (Å²) < 4.78 is 5.67.